The van der Waals surface area contributed by atoms with Crippen molar-refractivity contribution in [2.45, 2.75) is 36.1 Å². The quantitative estimate of drug-likeness (QED) is 0.239. The monoisotopic (exact) mass is 548 g/mol. The molecule has 12 heteroatoms. The van der Waals surface area contributed by atoms with Gasteiger partial charge in [0.25, 0.3) is 5.91 Å². The number of carbonyl (C=O) groups excluding carboxylic acids is 1. The smallest absolute Gasteiger partial charge is 0.376 e. The van der Waals surface area contributed by atoms with Crippen LogP contribution >= 0.6 is 11.8 Å². The van der Waals surface area contributed by atoms with E-state index in [9.17, 15) is 22.4 Å². The van der Waals surface area contributed by atoms with Crippen LogP contribution in [-0.4, -0.2) is 71.6 Å². The SMILES string of the molecule is CNC(=O)c1ccc(C)c(NCC#Cc2nc3c(N[C@@H]4CCN(C)C[C@@H]4F)cccn3c2SC(F)(F)F)c1. The summed E-state index contributed by atoms with van der Waals surface area (Å²) >= 11 is -0.292. The third-order valence-electron chi connectivity index (χ3n) is 6.20. The van der Waals surface area contributed by atoms with Gasteiger partial charge in [0, 0.05) is 49.3 Å². The van der Waals surface area contributed by atoms with Gasteiger partial charge >= 0.3 is 5.51 Å². The molecule has 38 heavy (non-hydrogen) atoms. The van der Waals surface area contributed by atoms with Crippen LogP contribution in [0.25, 0.3) is 5.65 Å². The Bertz CT molecular complexity index is 1380. The number of fused-ring (bicyclic) bond motifs is 1. The molecule has 1 aliphatic rings. The highest BCUT2D eigenvalue weighted by molar-refractivity contribution is 8.00. The number of halogens is 4. The lowest BCUT2D eigenvalue weighted by molar-refractivity contribution is -0.0330. The molecule has 0 bridgehead atoms. The number of hydrogen-bond acceptors (Lipinski definition) is 6. The van der Waals surface area contributed by atoms with Crippen LogP contribution in [0.4, 0.5) is 28.9 Å². The second-order valence-corrected chi connectivity index (χ2v) is 10.1. The van der Waals surface area contributed by atoms with E-state index in [2.05, 4.69) is 32.8 Å². The fourth-order valence-electron chi connectivity index (χ4n) is 4.23. The summed E-state index contributed by atoms with van der Waals surface area (Å²) in [5.41, 5.74) is -1.85. The predicted molar refractivity (Wildman–Crippen MR) is 141 cm³/mol. The number of likely N-dealkylation sites (tertiary alicyclic amines) is 1. The molecule has 0 unspecified atom stereocenters. The van der Waals surface area contributed by atoms with Crippen LogP contribution in [0, 0.1) is 18.8 Å². The largest absolute Gasteiger partial charge is 0.447 e. The molecular formula is C26H28F4N6OS. The van der Waals surface area contributed by atoms with Crippen molar-refractivity contribution in [2.75, 3.05) is 44.4 Å². The maximum atomic E-state index is 14.6. The summed E-state index contributed by atoms with van der Waals surface area (Å²) in [7, 11) is 3.38. The maximum Gasteiger partial charge on any atom is 0.447 e. The van der Waals surface area contributed by atoms with E-state index >= 15 is 0 Å². The van der Waals surface area contributed by atoms with E-state index in [1.807, 2.05) is 18.9 Å². The molecule has 3 aromatic rings. The molecule has 0 radical (unpaired) electrons. The number of pyridine rings is 1. The molecule has 1 saturated heterocycles. The first-order valence-electron chi connectivity index (χ1n) is 12.0. The number of aromatic nitrogens is 2. The number of nitrogens with one attached hydrogen (secondary N) is 3. The number of piperidine rings is 1. The zero-order chi connectivity index (χ0) is 27.4. The van der Waals surface area contributed by atoms with Crippen molar-refractivity contribution in [3.63, 3.8) is 0 Å². The number of hydrogen-bond donors (Lipinski definition) is 3. The third-order valence-corrected chi connectivity index (χ3v) is 7.02. The zero-order valence-corrected chi connectivity index (χ0v) is 21.9. The minimum absolute atomic E-state index is 0.0283. The number of anilines is 2. The van der Waals surface area contributed by atoms with Gasteiger partial charge in [0.2, 0.25) is 0 Å². The summed E-state index contributed by atoms with van der Waals surface area (Å²) in [6, 6.07) is 7.98. The Morgan fingerprint density at radius 2 is 2.05 bits per heavy atom. The van der Waals surface area contributed by atoms with Crippen molar-refractivity contribution in [3.8, 4) is 11.8 Å². The Morgan fingerprint density at radius 3 is 2.76 bits per heavy atom. The molecule has 3 heterocycles. The van der Waals surface area contributed by atoms with Gasteiger partial charge in [-0.3, -0.25) is 9.20 Å². The molecule has 2 atom stereocenters. The first-order valence-corrected chi connectivity index (χ1v) is 12.8. The summed E-state index contributed by atoms with van der Waals surface area (Å²) < 4.78 is 56.2. The van der Waals surface area contributed by atoms with E-state index in [-0.39, 0.29) is 47.1 Å². The maximum absolute atomic E-state index is 14.6. The minimum atomic E-state index is -4.55. The lowest BCUT2D eigenvalue weighted by Gasteiger charge is -2.33. The lowest BCUT2D eigenvalue weighted by Crippen LogP contribution is -2.46. The third kappa shape index (κ3) is 6.52. The van der Waals surface area contributed by atoms with Crippen LogP contribution in [0.3, 0.4) is 0 Å². The Labute approximate surface area is 222 Å². The van der Waals surface area contributed by atoms with Gasteiger partial charge in [-0.1, -0.05) is 12.0 Å². The zero-order valence-electron chi connectivity index (χ0n) is 21.1. The van der Waals surface area contributed by atoms with Gasteiger partial charge in [-0.05, 0) is 56.1 Å². The average Bonchev–Trinajstić information content (AvgIpc) is 3.20. The highest BCUT2D eigenvalue weighted by Gasteiger charge is 2.33. The fraction of sp³-hybridized carbons (Fsp3) is 0.385. The minimum Gasteiger partial charge on any atom is -0.376 e. The molecule has 1 aliphatic heterocycles. The van der Waals surface area contributed by atoms with E-state index in [4.69, 9.17) is 0 Å². The number of thioether (sulfide) groups is 1. The molecule has 0 saturated carbocycles. The van der Waals surface area contributed by atoms with Gasteiger partial charge in [0.1, 0.15) is 16.9 Å². The van der Waals surface area contributed by atoms with Gasteiger partial charge in [-0.25, -0.2) is 9.37 Å². The molecule has 1 aromatic carbocycles. The van der Waals surface area contributed by atoms with Gasteiger partial charge in [0.15, 0.2) is 5.65 Å². The molecule has 4 rings (SSSR count). The molecule has 2 aromatic heterocycles. The first kappa shape index (κ1) is 27.6. The Balaban J connectivity index is 1.60. The summed E-state index contributed by atoms with van der Waals surface area (Å²) in [5.74, 6) is 5.36. The number of imidazole rings is 1. The first-order chi connectivity index (χ1) is 18.1. The number of amides is 1. The van der Waals surface area contributed by atoms with Crippen LogP contribution in [-0.2, 0) is 0 Å². The van der Waals surface area contributed by atoms with E-state index in [0.717, 1.165) is 5.56 Å². The van der Waals surface area contributed by atoms with Gasteiger partial charge in [-0.2, -0.15) is 13.2 Å². The number of alkyl halides is 4. The van der Waals surface area contributed by atoms with Crippen molar-refractivity contribution < 1.29 is 22.4 Å². The number of carbonyl (C=O) groups is 1. The molecule has 202 valence electrons. The van der Waals surface area contributed by atoms with Gasteiger partial charge in [0.05, 0.1) is 18.3 Å². The van der Waals surface area contributed by atoms with Gasteiger partial charge < -0.3 is 20.9 Å². The second kappa shape index (κ2) is 11.5. The number of aryl methyl sites for hydroxylation is 1. The molecule has 0 aliphatic carbocycles. The summed E-state index contributed by atoms with van der Waals surface area (Å²) in [5, 5.41) is 8.64. The summed E-state index contributed by atoms with van der Waals surface area (Å²) in [4.78, 5) is 18.2. The van der Waals surface area contributed by atoms with Crippen LogP contribution < -0.4 is 16.0 Å². The van der Waals surface area contributed by atoms with Crippen LogP contribution in [0.15, 0.2) is 41.6 Å². The van der Waals surface area contributed by atoms with Crippen molar-refractivity contribution in [1.29, 1.82) is 0 Å². The highest BCUT2D eigenvalue weighted by atomic mass is 32.2. The summed E-state index contributed by atoms with van der Waals surface area (Å²) in [6.45, 7) is 2.97. The van der Waals surface area contributed by atoms with Crippen molar-refractivity contribution in [1.82, 2.24) is 19.6 Å². The standard InChI is InChI=1S/C26H28F4N6OS/c1-16-8-9-17(24(37)31-2)14-22(16)32-11-4-6-21-25(38-26(28,29)30)36-12-5-7-20(23(36)34-21)33-19-10-13-35(3)15-18(19)27/h5,7-9,12,14,18-19,32-33H,10-11,13,15H2,1-3H3,(H,31,37)/t18-,19+/m0/s1. The highest BCUT2D eigenvalue weighted by Crippen LogP contribution is 2.39. The number of rotatable bonds is 6. The van der Waals surface area contributed by atoms with E-state index < -0.39 is 17.7 Å². The lowest BCUT2D eigenvalue weighted by atomic mass is 10.0. The fourth-order valence-corrected chi connectivity index (χ4v) is 4.89. The van der Waals surface area contributed by atoms with Crippen LogP contribution in [0.1, 0.15) is 28.0 Å². The van der Waals surface area contributed by atoms with E-state index in [1.54, 1.807) is 30.3 Å². The molecule has 1 amide bonds. The van der Waals surface area contributed by atoms with Crippen LogP contribution in [0.5, 0.6) is 0 Å². The predicted octanol–water partition coefficient (Wildman–Crippen LogP) is 4.53. The van der Waals surface area contributed by atoms with Crippen LogP contribution in [0.2, 0.25) is 0 Å². The molecule has 0 spiro atoms. The average molecular weight is 549 g/mol. The number of benzene rings is 1. The Kier molecular flexibility index (Phi) is 8.38. The Morgan fingerprint density at radius 1 is 1.26 bits per heavy atom. The van der Waals surface area contributed by atoms with E-state index in [1.165, 1.54) is 17.6 Å². The molecule has 1 fully saturated rings. The van der Waals surface area contributed by atoms with Crippen molar-refractivity contribution >= 4 is 34.7 Å². The Hall–Kier alpha value is -3.43. The van der Waals surface area contributed by atoms with E-state index in [0.29, 0.717) is 29.9 Å². The molecule has 3 N–H and O–H groups in total. The van der Waals surface area contributed by atoms with Crippen molar-refractivity contribution in [3.05, 3.63) is 53.3 Å². The molecular weight excluding hydrogens is 520 g/mol. The second-order valence-electron chi connectivity index (χ2n) is 9.01. The molecule has 7 nitrogen and oxygen atoms in total. The topological polar surface area (TPSA) is 73.7 Å². The van der Waals surface area contributed by atoms with Crippen molar-refractivity contribution in [2.24, 2.45) is 0 Å². The number of nitrogens with zero attached hydrogens (tertiary/aromatic N) is 3. The normalized spacial score (nSPS) is 18.1. The van der Waals surface area contributed by atoms with Gasteiger partial charge in [-0.15, -0.1) is 0 Å². The summed E-state index contributed by atoms with van der Waals surface area (Å²) in [6.07, 6.45) is 0.923.